The van der Waals surface area contributed by atoms with E-state index in [0.717, 1.165) is 22.4 Å². The zero-order valence-electron chi connectivity index (χ0n) is 11.1. The first-order valence-corrected chi connectivity index (χ1v) is 5.82. The van der Waals surface area contributed by atoms with Crippen LogP contribution < -0.4 is 10.5 Å². The summed E-state index contributed by atoms with van der Waals surface area (Å²) in [6.07, 6.45) is 1.53. The van der Waals surface area contributed by atoms with Crippen LogP contribution >= 0.6 is 0 Å². The van der Waals surface area contributed by atoms with E-state index in [2.05, 4.69) is 9.97 Å². The predicted molar refractivity (Wildman–Crippen MR) is 72.0 cm³/mol. The molecule has 1 heterocycles. The topological polar surface area (TPSA) is 78.1 Å². The van der Waals surface area contributed by atoms with E-state index in [1.165, 1.54) is 6.20 Å². The quantitative estimate of drug-likeness (QED) is 0.910. The summed E-state index contributed by atoms with van der Waals surface area (Å²) in [5.41, 5.74) is 8.89. The molecule has 5 nitrogen and oxygen atoms in total. The average Bonchev–Trinajstić information content (AvgIpc) is 2.42. The summed E-state index contributed by atoms with van der Waals surface area (Å²) in [7, 11) is 1.64. The molecule has 2 N–H and O–H groups in total. The molecular formula is C14H15N3O2. The third-order valence-electron chi connectivity index (χ3n) is 3.11. The smallest absolute Gasteiger partial charge is 0.286 e. The molecule has 0 saturated carbocycles. The van der Waals surface area contributed by atoms with E-state index >= 15 is 0 Å². The Morgan fingerprint density at radius 3 is 2.58 bits per heavy atom. The fourth-order valence-electron chi connectivity index (χ4n) is 1.92. The highest BCUT2D eigenvalue weighted by atomic mass is 16.5. The van der Waals surface area contributed by atoms with Gasteiger partial charge in [0.05, 0.1) is 12.8 Å². The van der Waals surface area contributed by atoms with Crippen molar-refractivity contribution in [3.05, 3.63) is 41.3 Å². The largest absolute Gasteiger partial charge is 0.496 e. The van der Waals surface area contributed by atoms with Crippen LogP contribution in [0.15, 0.2) is 24.4 Å². The molecule has 98 valence electrons. The van der Waals surface area contributed by atoms with E-state index < -0.39 is 5.91 Å². The number of ether oxygens (including phenoxy) is 1. The molecule has 0 unspecified atom stereocenters. The van der Waals surface area contributed by atoms with Gasteiger partial charge in [-0.05, 0) is 43.2 Å². The van der Waals surface area contributed by atoms with Crippen molar-refractivity contribution in [3.8, 4) is 17.0 Å². The lowest BCUT2D eigenvalue weighted by Gasteiger charge is -2.12. The van der Waals surface area contributed by atoms with Gasteiger partial charge in [0.2, 0.25) is 5.82 Å². The van der Waals surface area contributed by atoms with Crippen molar-refractivity contribution in [2.45, 2.75) is 13.8 Å². The normalized spacial score (nSPS) is 10.3. The Kier molecular flexibility index (Phi) is 3.46. The summed E-state index contributed by atoms with van der Waals surface area (Å²) in [5.74, 6) is 0.209. The molecule has 1 aromatic carbocycles. The summed E-state index contributed by atoms with van der Waals surface area (Å²) in [4.78, 5) is 19.1. The van der Waals surface area contributed by atoms with E-state index in [4.69, 9.17) is 10.5 Å². The van der Waals surface area contributed by atoms with Gasteiger partial charge >= 0.3 is 0 Å². The molecule has 2 rings (SSSR count). The van der Waals surface area contributed by atoms with Crippen LogP contribution in [0.3, 0.4) is 0 Å². The number of nitrogens with two attached hydrogens (primary N) is 1. The van der Waals surface area contributed by atoms with E-state index in [9.17, 15) is 4.79 Å². The van der Waals surface area contributed by atoms with Gasteiger partial charge < -0.3 is 10.5 Å². The predicted octanol–water partition coefficient (Wildman–Crippen LogP) is 1.87. The number of carbonyl (C=O) groups is 1. The Morgan fingerprint density at radius 1 is 1.21 bits per heavy atom. The van der Waals surface area contributed by atoms with Crippen LogP contribution in [-0.2, 0) is 0 Å². The lowest BCUT2D eigenvalue weighted by Crippen LogP contribution is -2.15. The number of rotatable bonds is 3. The lowest BCUT2D eigenvalue weighted by molar-refractivity contribution is 0.0990. The molecule has 0 aliphatic rings. The first-order chi connectivity index (χ1) is 9.04. The number of primary amides is 1. The average molecular weight is 257 g/mol. The molecule has 1 aromatic heterocycles. The molecule has 0 fully saturated rings. The molecular weight excluding hydrogens is 242 g/mol. The highest BCUT2D eigenvalue weighted by Gasteiger charge is 2.11. The number of benzene rings is 1. The van der Waals surface area contributed by atoms with Gasteiger partial charge in [0.15, 0.2) is 0 Å². The molecule has 19 heavy (non-hydrogen) atoms. The van der Waals surface area contributed by atoms with Crippen molar-refractivity contribution in [3.63, 3.8) is 0 Å². The monoisotopic (exact) mass is 257 g/mol. The highest BCUT2D eigenvalue weighted by Crippen LogP contribution is 2.29. The lowest BCUT2D eigenvalue weighted by atomic mass is 10.00. The number of carbonyl (C=O) groups excluding carboxylic acids is 1. The van der Waals surface area contributed by atoms with Crippen LogP contribution in [0.4, 0.5) is 0 Å². The minimum Gasteiger partial charge on any atom is -0.496 e. The zero-order valence-corrected chi connectivity index (χ0v) is 11.1. The number of methoxy groups -OCH3 is 1. The molecule has 0 saturated heterocycles. The second kappa shape index (κ2) is 5.06. The second-order valence-electron chi connectivity index (χ2n) is 4.20. The SMILES string of the molecule is COc1ccc(-c2ccnc(C(N)=O)n2)c(C)c1C. The van der Waals surface area contributed by atoms with Gasteiger partial charge in [0, 0.05) is 11.8 Å². The molecule has 0 atom stereocenters. The standard InChI is InChI=1S/C14H15N3O2/c1-8-9(2)12(19-3)5-4-10(8)11-6-7-16-14(17-11)13(15)18/h4-7H,1-3H3,(H2,15,18). The van der Waals surface area contributed by atoms with Gasteiger partial charge in [-0.25, -0.2) is 9.97 Å². The third kappa shape index (κ3) is 2.40. The van der Waals surface area contributed by atoms with Crippen molar-refractivity contribution in [2.24, 2.45) is 5.73 Å². The Morgan fingerprint density at radius 2 is 1.95 bits per heavy atom. The van der Waals surface area contributed by atoms with Crippen molar-refractivity contribution >= 4 is 5.91 Å². The van der Waals surface area contributed by atoms with Crippen molar-refractivity contribution < 1.29 is 9.53 Å². The second-order valence-corrected chi connectivity index (χ2v) is 4.20. The van der Waals surface area contributed by atoms with Crippen LogP contribution in [0.5, 0.6) is 5.75 Å². The summed E-state index contributed by atoms with van der Waals surface area (Å²) in [5, 5.41) is 0. The van der Waals surface area contributed by atoms with E-state index in [0.29, 0.717) is 5.69 Å². The van der Waals surface area contributed by atoms with Crippen LogP contribution in [0.2, 0.25) is 0 Å². The molecule has 2 aromatic rings. The van der Waals surface area contributed by atoms with Crippen LogP contribution in [0.1, 0.15) is 21.7 Å². The maximum atomic E-state index is 11.1. The van der Waals surface area contributed by atoms with Gasteiger partial charge in [-0.2, -0.15) is 0 Å². The minimum atomic E-state index is -0.635. The number of amides is 1. The third-order valence-corrected chi connectivity index (χ3v) is 3.11. The number of hydrogen-bond donors (Lipinski definition) is 1. The first-order valence-electron chi connectivity index (χ1n) is 5.82. The van der Waals surface area contributed by atoms with E-state index in [1.807, 2.05) is 26.0 Å². The van der Waals surface area contributed by atoms with Gasteiger partial charge in [-0.3, -0.25) is 4.79 Å². The molecule has 0 spiro atoms. The summed E-state index contributed by atoms with van der Waals surface area (Å²) in [6.45, 7) is 3.97. The Hall–Kier alpha value is -2.43. The Labute approximate surface area is 111 Å². The fourth-order valence-corrected chi connectivity index (χ4v) is 1.92. The maximum Gasteiger partial charge on any atom is 0.286 e. The zero-order chi connectivity index (χ0) is 14.0. The Bertz CT molecular complexity index is 639. The van der Waals surface area contributed by atoms with Crippen LogP contribution in [-0.4, -0.2) is 23.0 Å². The molecule has 0 radical (unpaired) electrons. The first kappa shape index (κ1) is 13.0. The van der Waals surface area contributed by atoms with Gasteiger partial charge in [0.1, 0.15) is 5.75 Å². The van der Waals surface area contributed by atoms with Crippen molar-refractivity contribution in [1.82, 2.24) is 9.97 Å². The maximum absolute atomic E-state index is 11.1. The van der Waals surface area contributed by atoms with E-state index in [1.54, 1.807) is 13.2 Å². The molecule has 0 bridgehead atoms. The highest BCUT2D eigenvalue weighted by molar-refractivity contribution is 5.89. The number of aromatic nitrogens is 2. The van der Waals surface area contributed by atoms with Gasteiger partial charge in [0.25, 0.3) is 5.91 Å². The summed E-state index contributed by atoms with van der Waals surface area (Å²) in [6, 6.07) is 5.54. The summed E-state index contributed by atoms with van der Waals surface area (Å²) >= 11 is 0. The van der Waals surface area contributed by atoms with E-state index in [-0.39, 0.29) is 5.82 Å². The van der Waals surface area contributed by atoms with Crippen molar-refractivity contribution in [2.75, 3.05) is 7.11 Å². The number of hydrogen-bond acceptors (Lipinski definition) is 4. The Balaban J connectivity index is 2.56. The molecule has 1 amide bonds. The van der Waals surface area contributed by atoms with Crippen molar-refractivity contribution in [1.29, 1.82) is 0 Å². The minimum absolute atomic E-state index is 0.0189. The number of nitrogens with zero attached hydrogens (tertiary/aromatic N) is 2. The molecule has 5 heteroatoms. The fraction of sp³-hybridized carbons (Fsp3) is 0.214. The molecule has 0 aliphatic carbocycles. The van der Waals surface area contributed by atoms with Crippen LogP contribution in [0.25, 0.3) is 11.3 Å². The van der Waals surface area contributed by atoms with Gasteiger partial charge in [-0.15, -0.1) is 0 Å². The molecule has 0 aliphatic heterocycles. The van der Waals surface area contributed by atoms with Crippen LogP contribution in [0, 0.1) is 13.8 Å². The summed E-state index contributed by atoms with van der Waals surface area (Å²) < 4.78 is 5.27. The van der Waals surface area contributed by atoms with Gasteiger partial charge in [-0.1, -0.05) is 0 Å².